The molecule has 0 aromatic carbocycles. The van der Waals surface area contributed by atoms with Crippen LogP contribution < -0.4 is 4.90 Å². The van der Waals surface area contributed by atoms with Gasteiger partial charge in [-0.25, -0.2) is 9.97 Å². The van der Waals surface area contributed by atoms with Crippen molar-refractivity contribution in [1.29, 1.82) is 0 Å². The molecular formula is C18H28N4O2S. The maximum Gasteiger partial charge on any atom is 0.251 e. The summed E-state index contributed by atoms with van der Waals surface area (Å²) in [6.45, 7) is 10.3. The van der Waals surface area contributed by atoms with Crippen molar-refractivity contribution in [3.63, 3.8) is 0 Å². The Bertz CT molecular complexity index is 618. The summed E-state index contributed by atoms with van der Waals surface area (Å²) < 4.78 is 5.53. The zero-order valence-corrected chi connectivity index (χ0v) is 16.4. The minimum atomic E-state index is -0.221. The summed E-state index contributed by atoms with van der Waals surface area (Å²) in [4.78, 5) is 26.0. The van der Waals surface area contributed by atoms with Crippen molar-refractivity contribution < 1.29 is 9.53 Å². The van der Waals surface area contributed by atoms with Crippen molar-refractivity contribution in [3.05, 3.63) is 11.8 Å². The molecule has 0 saturated carbocycles. The van der Waals surface area contributed by atoms with Gasteiger partial charge >= 0.3 is 0 Å². The normalized spacial score (nSPS) is 21.7. The highest BCUT2D eigenvalue weighted by atomic mass is 32.2. The lowest BCUT2D eigenvalue weighted by Gasteiger charge is -2.36. The van der Waals surface area contributed by atoms with E-state index in [9.17, 15) is 4.79 Å². The quantitative estimate of drug-likeness (QED) is 0.606. The molecule has 3 rings (SSSR count). The topological polar surface area (TPSA) is 58.6 Å². The first-order valence-electron chi connectivity index (χ1n) is 8.97. The lowest BCUT2D eigenvalue weighted by molar-refractivity contribution is -0.141. The molecule has 6 nitrogen and oxygen atoms in total. The van der Waals surface area contributed by atoms with E-state index in [-0.39, 0.29) is 17.4 Å². The standard InChI is InChI=1S/C18H28N4O2S/c1-18(2,3)14-12-15(20-17(19-14)25-4)21-7-9-22(10-8-21)16(23)13-6-5-11-24-13/h12-13H,5-11H2,1-4H3. The SMILES string of the molecule is CSc1nc(N2CCN(C(=O)C3CCCO3)CC2)cc(C(C)(C)C)n1. The van der Waals surface area contributed by atoms with E-state index in [4.69, 9.17) is 4.74 Å². The summed E-state index contributed by atoms with van der Waals surface area (Å²) in [6.07, 6.45) is 3.63. The third-order valence-corrected chi connectivity index (χ3v) is 5.31. The van der Waals surface area contributed by atoms with Crippen LogP contribution >= 0.6 is 11.8 Å². The molecule has 0 aliphatic carbocycles. The minimum Gasteiger partial charge on any atom is -0.368 e. The molecule has 0 radical (unpaired) electrons. The van der Waals surface area contributed by atoms with Gasteiger partial charge in [-0.2, -0.15) is 0 Å². The lowest BCUT2D eigenvalue weighted by Crippen LogP contribution is -2.51. The number of ether oxygens (including phenoxy) is 1. The lowest BCUT2D eigenvalue weighted by atomic mass is 9.92. The molecule has 1 atom stereocenters. The summed E-state index contributed by atoms with van der Waals surface area (Å²) >= 11 is 1.57. The van der Waals surface area contributed by atoms with E-state index in [0.717, 1.165) is 55.7 Å². The van der Waals surface area contributed by atoms with E-state index in [1.54, 1.807) is 11.8 Å². The Morgan fingerprint density at radius 3 is 2.52 bits per heavy atom. The van der Waals surface area contributed by atoms with Gasteiger partial charge in [0.2, 0.25) is 0 Å². The molecule has 0 bridgehead atoms. The van der Waals surface area contributed by atoms with E-state index in [0.29, 0.717) is 6.61 Å². The van der Waals surface area contributed by atoms with Gasteiger partial charge in [-0.05, 0) is 19.1 Å². The number of carbonyl (C=O) groups excluding carboxylic acids is 1. The van der Waals surface area contributed by atoms with Crippen molar-refractivity contribution in [2.45, 2.75) is 50.3 Å². The highest BCUT2D eigenvalue weighted by molar-refractivity contribution is 7.98. The van der Waals surface area contributed by atoms with E-state index in [1.807, 2.05) is 11.2 Å². The molecule has 2 aliphatic heterocycles. The van der Waals surface area contributed by atoms with Crippen molar-refractivity contribution >= 4 is 23.5 Å². The Morgan fingerprint density at radius 2 is 1.96 bits per heavy atom. The molecule has 0 spiro atoms. The van der Waals surface area contributed by atoms with Crippen molar-refractivity contribution in [2.24, 2.45) is 0 Å². The summed E-state index contributed by atoms with van der Waals surface area (Å²) in [5.41, 5.74) is 1.04. The second kappa shape index (κ2) is 7.50. The van der Waals surface area contributed by atoms with Crippen LogP contribution in [0.5, 0.6) is 0 Å². The van der Waals surface area contributed by atoms with Gasteiger partial charge in [-0.15, -0.1) is 0 Å². The van der Waals surface area contributed by atoms with Gasteiger partial charge in [0.15, 0.2) is 5.16 Å². The van der Waals surface area contributed by atoms with E-state index in [1.165, 1.54) is 0 Å². The van der Waals surface area contributed by atoms with E-state index >= 15 is 0 Å². The van der Waals surface area contributed by atoms with Gasteiger partial charge in [-0.1, -0.05) is 32.5 Å². The number of hydrogen-bond donors (Lipinski definition) is 0. The predicted molar refractivity (Wildman–Crippen MR) is 100 cm³/mol. The number of anilines is 1. The van der Waals surface area contributed by atoms with Gasteiger partial charge in [0, 0.05) is 44.3 Å². The first-order valence-corrected chi connectivity index (χ1v) is 10.2. The van der Waals surface area contributed by atoms with Crippen molar-refractivity contribution in [2.75, 3.05) is 43.9 Å². The largest absolute Gasteiger partial charge is 0.368 e. The maximum absolute atomic E-state index is 12.5. The first-order chi connectivity index (χ1) is 11.9. The van der Waals surface area contributed by atoms with Crippen LogP contribution in [0, 0.1) is 0 Å². The van der Waals surface area contributed by atoms with Gasteiger partial charge in [0.05, 0.1) is 5.69 Å². The number of aromatic nitrogens is 2. The zero-order chi connectivity index (χ0) is 18.0. The number of rotatable bonds is 3. The van der Waals surface area contributed by atoms with Crippen molar-refractivity contribution in [1.82, 2.24) is 14.9 Å². The molecule has 2 fully saturated rings. The molecule has 2 saturated heterocycles. The molecule has 7 heteroatoms. The Kier molecular flexibility index (Phi) is 5.53. The molecule has 0 N–H and O–H groups in total. The second-order valence-electron chi connectivity index (χ2n) is 7.66. The van der Waals surface area contributed by atoms with Crippen LogP contribution in [0.2, 0.25) is 0 Å². The average Bonchev–Trinajstić information content (AvgIpc) is 3.14. The fourth-order valence-corrected chi connectivity index (χ4v) is 3.56. The first kappa shape index (κ1) is 18.5. The molecule has 1 aromatic heterocycles. The van der Waals surface area contributed by atoms with E-state index < -0.39 is 0 Å². The van der Waals surface area contributed by atoms with Crippen LogP contribution in [0.15, 0.2) is 11.2 Å². The number of piperazine rings is 1. The Balaban J connectivity index is 1.69. The van der Waals surface area contributed by atoms with Gasteiger partial charge in [0.25, 0.3) is 5.91 Å². The molecule has 1 aromatic rings. The average molecular weight is 365 g/mol. The Labute approximate surface area is 154 Å². The third kappa shape index (κ3) is 4.26. The molecule has 138 valence electrons. The summed E-state index contributed by atoms with van der Waals surface area (Å²) in [5, 5.41) is 0.806. The smallest absolute Gasteiger partial charge is 0.251 e. The number of carbonyl (C=O) groups is 1. The Morgan fingerprint density at radius 1 is 1.24 bits per heavy atom. The number of amides is 1. The Hall–Kier alpha value is -1.34. The van der Waals surface area contributed by atoms with Gasteiger partial charge in [0.1, 0.15) is 11.9 Å². The zero-order valence-electron chi connectivity index (χ0n) is 15.6. The van der Waals surface area contributed by atoms with E-state index in [2.05, 4.69) is 41.7 Å². The fraction of sp³-hybridized carbons (Fsp3) is 0.722. The van der Waals surface area contributed by atoms with Crippen LogP contribution in [0.1, 0.15) is 39.3 Å². The number of nitrogens with zero attached hydrogens (tertiary/aromatic N) is 4. The summed E-state index contributed by atoms with van der Waals surface area (Å²) in [7, 11) is 0. The second-order valence-corrected chi connectivity index (χ2v) is 8.44. The van der Waals surface area contributed by atoms with Gasteiger partial charge < -0.3 is 14.5 Å². The fourth-order valence-electron chi connectivity index (χ4n) is 3.18. The maximum atomic E-state index is 12.5. The molecule has 25 heavy (non-hydrogen) atoms. The number of thioether (sulfide) groups is 1. The van der Waals surface area contributed by atoms with Crippen LogP contribution in [-0.2, 0) is 14.9 Å². The molecule has 3 heterocycles. The summed E-state index contributed by atoms with van der Waals surface area (Å²) in [5.74, 6) is 1.12. The monoisotopic (exact) mass is 364 g/mol. The van der Waals surface area contributed by atoms with Crippen LogP contribution in [-0.4, -0.2) is 65.9 Å². The van der Waals surface area contributed by atoms with Crippen LogP contribution in [0.25, 0.3) is 0 Å². The van der Waals surface area contributed by atoms with Crippen molar-refractivity contribution in [3.8, 4) is 0 Å². The molecule has 1 amide bonds. The highest BCUT2D eigenvalue weighted by Gasteiger charge is 2.31. The van der Waals surface area contributed by atoms with Gasteiger partial charge in [-0.3, -0.25) is 4.79 Å². The van der Waals surface area contributed by atoms with Crippen LogP contribution in [0.4, 0.5) is 5.82 Å². The molecule has 2 aliphatic rings. The third-order valence-electron chi connectivity index (χ3n) is 4.76. The molecular weight excluding hydrogens is 336 g/mol. The number of hydrogen-bond acceptors (Lipinski definition) is 6. The predicted octanol–water partition coefficient (Wildman–Crippen LogP) is 2.32. The highest BCUT2D eigenvalue weighted by Crippen LogP contribution is 2.27. The summed E-state index contributed by atoms with van der Waals surface area (Å²) in [6, 6.07) is 2.09. The molecule has 1 unspecified atom stereocenters. The van der Waals surface area contributed by atoms with Crippen LogP contribution in [0.3, 0.4) is 0 Å². The minimum absolute atomic E-state index is 0.0141.